The molecule has 2 rings (SSSR count). The van der Waals surface area contributed by atoms with E-state index in [1.165, 1.54) is 0 Å². The molecule has 2 N–H and O–H groups in total. The highest BCUT2D eigenvalue weighted by atomic mass is 79.9. The number of nitrogen functional groups attached to an aromatic ring is 1. The normalized spacial score (nSPS) is 10.3. The van der Waals surface area contributed by atoms with Gasteiger partial charge in [0.25, 0.3) is 0 Å². The van der Waals surface area contributed by atoms with E-state index in [-0.39, 0.29) is 0 Å². The minimum absolute atomic E-state index is 0.338. The topological polar surface area (TPSA) is 44.5 Å². The molecule has 0 amide bonds. The third kappa shape index (κ3) is 3.55. The van der Waals surface area contributed by atoms with Gasteiger partial charge in [-0.05, 0) is 36.4 Å². The molecule has 0 unspecified atom stereocenters. The Kier molecular flexibility index (Phi) is 4.56. The number of halogens is 2. The first-order valence-corrected chi connectivity index (χ1v) is 6.77. The van der Waals surface area contributed by atoms with Crippen molar-refractivity contribution in [1.82, 2.24) is 0 Å². The zero-order chi connectivity index (χ0) is 13.8. The third-order valence-corrected chi connectivity index (χ3v) is 3.39. The molecule has 0 aliphatic carbocycles. The monoisotopic (exact) mass is 341 g/mol. The van der Waals surface area contributed by atoms with Crippen LogP contribution < -0.4 is 15.2 Å². The fraction of sp³-hybridized carbons (Fsp3) is 0.143. The van der Waals surface area contributed by atoms with E-state index in [2.05, 4.69) is 15.9 Å². The van der Waals surface area contributed by atoms with Crippen molar-refractivity contribution in [3.63, 3.8) is 0 Å². The molecule has 0 saturated heterocycles. The smallest absolute Gasteiger partial charge is 0.139 e. The average molecular weight is 343 g/mol. The Morgan fingerprint density at radius 2 is 1.95 bits per heavy atom. The summed E-state index contributed by atoms with van der Waals surface area (Å²) in [6.07, 6.45) is 0. The summed E-state index contributed by atoms with van der Waals surface area (Å²) >= 11 is 9.44. The van der Waals surface area contributed by atoms with Crippen LogP contribution in [0.3, 0.4) is 0 Å². The maximum Gasteiger partial charge on any atom is 0.139 e. The SMILES string of the molecule is COc1ccc(N)cc1COc1cc(Br)ccc1Cl. The second kappa shape index (κ2) is 6.17. The van der Waals surface area contributed by atoms with Gasteiger partial charge in [0.05, 0.1) is 12.1 Å². The van der Waals surface area contributed by atoms with Gasteiger partial charge in [0.15, 0.2) is 0 Å². The van der Waals surface area contributed by atoms with E-state index in [1.54, 1.807) is 19.2 Å². The number of ether oxygens (including phenoxy) is 2. The second-order valence-electron chi connectivity index (χ2n) is 3.93. The lowest BCUT2D eigenvalue weighted by molar-refractivity contribution is 0.297. The highest BCUT2D eigenvalue weighted by molar-refractivity contribution is 9.10. The van der Waals surface area contributed by atoms with E-state index in [1.807, 2.05) is 24.3 Å². The van der Waals surface area contributed by atoms with E-state index in [4.69, 9.17) is 26.8 Å². The minimum Gasteiger partial charge on any atom is -0.496 e. The van der Waals surface area contributed by atoms with Gasteiger partial charge in [-0.3, -0.25) is 0 Å². The van der Waals surface area contributed by atoms with E-state index in [9.17, 15) is 0 Å². The molecule has 0 aliphatic heterocycles. The molecule has 0 radical (unpaired) electrons. The van der Waals surface area contributed by atoms with E-state index >= 15 is 0 Å². The lowest BCUT2D eigenvalue weighted by atomic mass is 10.2. The highest BCUT2D eigenvalue weighted by Crippen LogP contribution is 2.30. The molecule has 0 atom stereocenters. The highest BCUT2D eigenvalue weighted by Gasteiger charge is 2.07. The van der Waals surface area contributed by atoms with E-state index in [0.717, 1.165) is 15.8 Å². The van der Waals surface area contributed by atoms with Crippen molar-refractivity contribution in [2.45, 2.75) is 6.61 Å². The largest absolute Gasteiger partial charge is 0.496 e. The first-order chi connectivity index (χ1) is 9.10. The molecule has 100 valence electrons. The summed E-state index contributed by atoms with van der Waals surface area (Å²) in [4.78, 5) is 0. The Balaban J connectivity index is 2.18. The molecule has 5 heteroatoms. The van der Waals surface area contributed by atoms with Gasteiger partial charge in [-0.15, -0.1) is 0 Å². The van der Waals surface area contributed by atoms with Crippen molar-refractivity contribution >= 4 is 33.2 Å². The summed E-state index contributed by atoms with van der Waals surface area (Å²) in [5.74, 6) is 1.35. The maximum atomic E-state index is 6.07. The van der Waals surface area contributed by atoms with Gasteiger partial charge in [0.1, 0.15) is 18.1 Å². The molecule has 0 bridgehead atoms. The number of anilines is 1. The summed E-state index contributed by atoms with van der Waals surface area (Å²) in [6.45, 7) is 0.338. The van der Waals surface area contributed by atoms with Gasteiger partial charge in [-0.2, -0.15) is 0 Å². The molecule has 0 fully saturated rings. The van der Waals surface area contributed by atoms with Crippen LogP contribution in [0.1, 0.15) is 5.56 Å². The van der Waals surface area contributed by atoms with Crippen molar-refractivity contribution < 1.29 is 9.47 Å². The lowest BCUT2D eigenvalue weighted by Crippen LogP contribution is -2.00. The van der Waals surface area contributed by atoms with Crippen molar-refractivity contribution in [3.8, 4) is 11.5 Å². The van der Waals surface area contributed by atoms with Gasteiger partial charge >= 0.3 is 0 Å². The predicted octanol–water partition coefficient (Wildman–Crippen LogP) is 4.27. The Labute approximate surface area is 125 Å². The van der Waals surface area contributed by atoms with Crippen LogP contribution in [-0.4, -0.2) is 7.11 Å². The van der Waals surface area contributed by atoms with Crippen LogP contribution in [0.4, 0.5) is 5.69 Å². The zero-order valence-electron chi connectivity index (χ0n) is 10.3. The number of methoxy groups -OCH3 is 1. The maximum absolute atomic E-state index is 6.07. The summed E-state index contributed by atoms with van der Waals surface area (Å²) in [7, 11) is 1.61. The predicted molar refractivity (Wildman–Crippen MR) is 80.9 cm³/mol. The molecule has 0 aliphatic rings. The summed E-state index contributed by atoms with van der Waals surface area (Å²) in [5, 5.41) is 0.561. The fourth-order valence-electron chi connectivity index (χ4n) is 1.65. The van der Waals surface area contributed by atoms with Crippen LogP contribution in [0.2, 0.25) is 5.02 Å². The average Bonchev–Trinajstić information content (AvgIpc) is 2.40. The molecule has 0 spiro atoms. The number of hydrogen-bond donors (Lipinski definition) is 1. The summed E-state index contributed by atoms with van der Waals surface area (Å²) in [6, 6.07) is 10.9. The zero-order valence-corrected chi connectivity index (χ0v) is 12.7. The molecule has 2 aromatic carbocycles. The lowest BCUT2D eigenvalue weighted by Gasteiger charge is -2.12. The molecule has 0 saturated carbocycles. The number of rotatable bonds is 4. The van der Waals surface area contributed by atoms with Crippen molar-refractivity contribution in [3.05, 3.63) is 51.5 Å². The number of hydrogen-bond acceptors (Lipinski definition) is 3. The van der Waals surface area contributed by atoms with Crippen molar-refractivity contribution in [1.29, 1.82) is 0 Å². The molecular weight excluding hydrogens is 330 g/mol. The second-order valence-corrected chi connectivity index (χ2v) is 5.26. The van der Waals surface area contributed by atoms with Crippen molar-refractivity contribution in [2.75, 3.05) is 12.8 Å². The van der Waals surface area contributed by atoms with Crippen molar-refractivity contribution in [2.24, 2.45) is 0 Å². The molecule has 0 heterocycles. The fourth-order valence-corrected chi connectivity index (χ4v) is 2.17. The van der Waals surface area contributed by atoms with Crippen LogP contribution in [0, 0.1) is 0 Å². The third-order valence-electron chi connectivity index (χ3n) is 2.58. The molecule has 0 aromatic heterocycles. The van der Waals surface area contributed by atoms with E-state index in [0.29, 0.717) is 23.1 Å². The minimum atomic E-state index is 0.338. The van der Waals surface area contributed by atoms with Gasteiger partial charge in [0.2, 0.25) is 0 Å². The van der Waals surface area contributed by atoms with Gasteiger partial charge in [-0.1, -0.05) is 27.5 Å². The van der Waals surface area contributed by atoms with Crippen LogP contribution in [0.25, 0.3) is 0 Å². The summed E-state index contributed by atoms with van der Waals surface area (Å²) in [5.41, 5.74) is 7.30. The Morgan fingerprint density at radius 3 is 2.68 bits per heavy atom. The molecule has 19 heavy (non-hydrogen) atoms. The Hall–Kier alpha value is -1.39. The molecule has 2 aromatic rings. The van der Waals surface area contributed by atoms with Gasteiger partial charge in [0, 0.05) is 15.7 Å². The molecular formula is C14H13BrClNO2. The Bertz CT molecular complexity index is 590. The van der Waals surface area contributed by atoms with E-state index < -0.39 is 0 Å². The molecule has 3 nitrogen and oxygen atoms in total. The summed E-state index contributed by atoms with van der Waals surface area (Å²) < 4.78 is 11.9. The first-order valence-electron chi connectivity index (χ1n) is 5.60. The van der Waals surface area contributed by atoms with Crippen LogP contribution in [-0.2, 0) is 6.61 Å². The first kappa shape index (κ1) is 14.0. The Morgan fingerprint density at radius 1 is 1.16 bits per heavy atom. The number of benzene rings is 2. The van der Waals surface area contributed by atoms with Crippen LogP contribution >= 0.6 is 27.5 Å². The van der Waals surface area contributed by atoms with Gasteiger partial charge in [-0.25, -0.2) is 0 Å². The van der Waals surface area contributed by atoms with Gasteiger partial charge < -0.3 is 15.2 Å². The standard InChI is InChI=1S/C14H13BrClNO2/c1-18-13-5-3-11(17)6-9(13)8-19-14-7-10(15)2-4-12(14)16/h2-7H,8,17H2,1H3. The van der Waals surface area contributed by atoms with Crippen LogP contribution in [0.5, 0.6) is 11.5 Å². The number of nitrogens with two attached hydrogens (primary N) is 1. The quantitative estimate of drug-likeness (QED) is 0.844. The van der Waals surface area contributed by atoms with Crippen LogP contribution in [0.15, 0.2) is 40.9 Å².